The highest BCUT2D eigenvalue weighted by atomic mass is 31.2. The number of unbranched alkanes of at least 4 members (excludes halogenated alkanes) is 8. The first-order valence-electron chi connectivity index (χ1n) is 20.6. The number of nitrogens with zero attached hydrogens (tertiary/aromatic N) is 1. The van der Waals surface area contributed by atoms with E-state index in [1.54, 1.807) is 20.8 Å². The fraction of sp³-hybridized carbons (Fsp3) is 0.925. The molecule has 2 unspecified atom stereocenters. The zero-order chi connectivity index (χ0) is 41.3. The Morgan fingerprint density at radius 1 is 0.593 bits per heavy atom. The predicted molar refractivity (Wildman–Crippen MR) is 214 cm³/mol. The van der Waals surface area contributed by atoms with Crippen LogP contribution in [-0.4, -0.2) is 67.1 Å². The van der Waals surface area contributed by atoms with Crippen LogP contribution in [0.15, 0.2) is 0 Å². The number of ketones is 1. The van der Waals surface area contributed by atoms with Gasteiger partial charge in [-0.25, -0.2) is 0 Å². The number of hydrogen-bond acceptors (Lipinski definition) is 10. The lowest BCUT2D eigenvalue weighted by molar-refractivity contribution is -0.234. The molecule has 1 N–H and O–H groups in total. The molecule has 0 heterocycles. The Morgan fingerprint density at radius 3 is 1.70 bits per heavy atom. The van der Waals surface area contributed by atoms with E-state index in [9.17, 15) is 33.3 Å². The highest BCUT2D eigenvalue weighted by molar-refractivity contribution is 7.51. The third-order valence-corrected chi connectivity index (χ3v) is 11.4. The molecule has 0 saturated heterocycles. The Labute approximate surface area is 329 Å². The summed E-state index contributed by atoms with van der Waals surface area (Å²) in [5.74, 6) is 0.124. The molecule has 0 aromatic rings. The van der Waals surface area contributed by atoms with Crippen LogP contribution in [0.25, 0.3) is 0 Å². The van der Waals surface area contributed by atoms with Crippen molar-refractivity contribution in [3.05, 3.63) is 0 Å². The fourth-order valence-corrected chi connectivity index (χ4v) is 7.85. The van der Waals surface area contributed by atoms with Gasteiger partial charge < -0.3 is 38.1 Å². The van der Waals surface area contributed by atoms with Gasteiger partial charge >= 0.3 is 0 Å². The highest BCUT2D eigenvalue weighted by Gasteiger charge is 2.22. The van der Waals surface area contributed by atoms with Crippen LogP contribution in [0.2, 0.25) is 0 Å². The van der Waals surface area contributed by atoms with Crippen molar-refractivity contribution in [2.45, 2.75) is 190 Å². The summed E-state index contributed by atoms with van der Waals surface area (Å²) in [5, 5.41) is 2.94. The molecule has 0 aliphatic carbocycles. The quantitative estimate of drug-likeness (QED) is 0.0511. The van der Waals surface area contributed by atoms with Crippen LogP contribution in [0.1, 0.15) is 184 Å². The Morgan fingerprint density at radius 2 is 1.11 bits per heavy atom. The van der Waals surface area contributed by atoms with E-state index in [4.69, 9.17) is 13.6 Å². The van der Waals surface area contributed by atoms with E-state index in [1.165, 1.54) is 4.90 Å². The molecule has 12 nitrogen and oxygen atoms in total. The number of rotatable bonds is 32. The normalized spacial score (nSPS) is 14.7. The number of Topliss-reactive ketones (excluding diaryl/α,β-unsaturated/α-hetero) is 1. The molecule has 2 atom stereocenters. The maximum absolute atomic E-state index is 13.1. The van der Waals surface area contributed by atoms with Crippen molar-refractivity contribution in [3.63, 3.8) is 0 Å². The van der Waals surface area contributed by atoms with Crippen LogP contribution in [0.4, 0.5) is 0 Å². The van der Waals surface area contributed by atoms with E-state index in [0.29, 0.717) is 49.8 Å². The third kappa shape index (κ3) is 35.3. The fourth-order valence-electron chi connectivity index (χ4n) is 5.76. The second kappa shape index (κ2) is 27.5. The van der Waals surface area contributed by atoms with Gasteiger partial charge in [-0.15, -0.1) is 0 Å². The summed E-state index contributed by atoms with van der Waals surface area (Å²) in [6.45, 7) is 18.3. The van der Waals surface area contributed by atoms with Crippen molar-refractivity contribution in [2.24, 2.45) is 10.8 Å². The summed E-state index contributed by atoms with van der Waals surface area (Å²) in [7, 11) is -8.73. The van der Waals surface area contributed by atoms with Gasteiger partial charge in [0.25, 0.3) is 7.82 Å². The van der Waals surface area contributed by atoms with Crippen LogP contribution < -0.4 is 15.1 Å². The minimum atomic E-state index is -4.60. The lowest BCUT2D eigenvalue weighted by Gasteiger charge is -2.31. The van der Waals surface area contributed by atoms with Crippen LogP contribution in [0, 0.1) is 10.8 Å². The molecule has 0 saturated carbocycles. The summed E-state index contributed by atoms with van der Waals surface area (Å²) in [6, 6.07) is 0. The van der Waals surface area contributed by atoms with Gasteiger partial charge in [0.05, 0.1) is 18.8 Å². The molecule has 0 aromatic carbocycles. The van der Waals surface area contributed by atoms with Crippen LogP contribution >= 0.6 is 15.4 Å². The third-order valence-electron chi connectivity index (χ3n) is 8.70. The van der Waals surface area contributed by atoms with Crippen molar-refractivity contribution in [3.8, 4) is 0 Å². The van der Waals surface area contributed by atoms with E-state index in [-0.39, 0.29) is 62.5 Å². The van der Waals surface area contributed by atoms with Crippen LogP contribution in [0.5, 0.6) is 0 Å². The van der Waals surface area contributed by atoms with Gasteiger partial charge in [-0.1, -0.05) is 80.1 Å². The van der Waals surface area contributed by atoms with Crippen molar-refractivity contribution < 1.29 is 46.9 Å². The largest absolute Gasteiger partial charge is 0.778 e. The molecule has 0 bridgehead atoms. The monoisotopic (exact) mass is 809 g/mol. The molecule has 54 heavy (non-hydrogen) atoms. The Balaban J connectivity index is 4.56. The molecule has 320 valence electrons. The topological polar surface area (TPSA) is 174 Å². The lowest BCUT2D eigenvalue weighted by Crippen LogP contribution is -2.35. The van der Waals surface area contributed by atoms with Crippen molar-refractivity contribution in [1.29, 1.82) is 0 Å². The SMILES string of the molecule is CC(C)(C)CCCCC(=O)CCCCCCCOP(=O)([O-])CCCN(CCOP(=O)([O-])OC(C)(C)C)C(=O)CCCCCNC(=O)CCCCC(C)(C)C. The number of phosphoric ester groups is 1. The average Bonchev–Trinajstić information content (AvgIpc) is 3.01. The second-order valence-electron chi connectivity index (χ2n) is 18.1. The Bertz CT molecular complexity index is 1140. The molecule has 14 heteroatoms. The van der Waals surface area contributed by atoms with E-state index < -0.39 is 21.0 Å². The standard InChI is InChI=1S/C40H80N2O10P2/c1-38(2,3)27-18-16-24-35(43)23-14-11-10-12-21-32-50-53(46,47)34-22-30-42(31-33-51-54(48,49)52-40(7,8)9)37(45)26-15-13-20-29-41-36(44)25-17-19-28-39(4,5)6/h10-34H2,1-9H3,(H,41,44)(H,46,47)(H,48,49)/p-2. The molecule has 2 amide bonds. The maximum Gasteiger partial charge on any atom is 0.268 e. The van der Waals surface area contributed by atoms with Crippen LogP contribution in [-0.2, 0) is 37.1 Å². The van der Waals surface area contributed by atoms with Gasteiger partial charge in [0, 0.05) is 51.5 Å². The average molecular weight is 809 g/mol. The second-order valence-corrected chi connectivity index (χ2v) is 21.4. The molecule has 0 spiro atoms. The number of carbonyl (C=O) groups excluding carboxylic acids is 3. The molecule has 0 rings (SSSR count). The number of hydrogen-bond donors (Lipinski definition) is 1. The number of phosphoric acid groups is 1. The molecule has 0 fully saturated rings. The number of amides is 2. The first-order chi connectivity index (χ1) is 24.9. The van der Waals surface area contributed by atoms with Crippen molar-refractivity contribution in [1.82, 2.24) is 10.2 Å². The summed E-state index contributed by atoms with van der Waals surface area (Å²) in [4.78, 5) is 63.6. The molecule has 0 aliphatic heterocycles. The van der Waals surface area contributed by atoms with Gasteiger partial charge in [-0.05, 0) is 89.4 Å². The molecular weight excluding hydrogens is 730 g/mol. The van der Waals surface area contributed by atoms with Crippen molar-refractivity contribution in [2.75, 3.05) is 39.0 Å². The first-order valence-corrected chi connectivity index (χ1v) is 23.8. The minimum absolute atomic E-state index is 0.0363. The summed E-state index contributed by atoms with van der Waals surface area (Å²) >= 11 is 0. The van der Waals surface area contributed by atoms with Crippen molar-refractivity contribution >= 4 is 33.0 Å². The predicted octanol–water partition coefficient (Wildman–Crippen LogP) is 8.87. The first kappa shape index (κ1) is 52.9. The van der Waals surface area contributed by atoms with E-state index in [1.807, 2.05) is 0 Å². The minimum Gasteiger partial charge on any atom is -0.778 e. The lowest BCUT2D eigenvalue weighted by atomic mass is 9.89. The van der Waals surface area contributed by atoms with Gasteiger partial charge in [0.1, 0.15) is 13.4 Å². The summed E-state index contributed by atoms with van der Waals surface area (Å²) in [6.07, 6.45) is 14.1. The van der Waals surface area contributed by atoms with Crippen LogP contribution in [0.3, 0.4) is 0 Å². The summed E-state index contributed by atoms with van der Waals surface area (Å²) in [5.41, 5.74) is -0.408. The molecule has 0 aromatic heterocycles. The molecule has 0 aliphatic rings. The van der Waals surface area contributed by atoms with E-state index >= 15 is 0 Å². The maximum atomic E-state index is 13.1. The van der Waals surface area contributed by atoms with Gasteiger partial charge in [0.15, 0.2) is 0 Å². The smallest absolute Gasteiger partial charge is 0.268 e. The Kier molecular flexibility index (Phi) is 26.9. The Hall–Kier alpha value is -1.13. The summed E-state index contributed by atoms with van der Waals surface area (Å²) < 4.78 is 40.0. The number of carbonyl (C=O) groups is 3. The van der Waals surface area contributed by atoms with E-state index in [0.717, 1.165) is 77.0 Å². The highest BCUT2D eigenvalue weighted by Crippen LogP contribution is 2.42. The zero-order valence-electron chi connectivity index (χ0n) is 35.6. The molecular formula is C40H78N2O10P2-2. The van der Waals surface area contributed by atoms with E-state index in [2.05, 4.69) is 46.9 Å². The van der Waals surface area contributed by atoms with Gasteiger partial charge in [-0.2, -0.15) is 0 Å². The zero-order valence-corrected chi connectivity index (χ0v) is 37.4. The molecule has 0 radical (unpaired) electrons. The van der Waals surface area contributed by atoms with Gasteiger partial charge in [-0.3, -0.25) is 18.9 Å². The van der Waals surface area contributed by atoms with Gasteiger partial charge in [0.2, 0.25) is 11.8 Å². The number of nitrogens with one attached hydrogen (secondary N) is 1.